The first-order valence-corrected chi connectivity index (χ1v) is 5.65. The maximum atomic E-state index is 11.9. The van der Waals surface area contributed by atoms with Crippen LogP contribution in [0, 0.1) is 0 Å². The van der Waals surface area contributed by atoms with Gasteiger partial charge in [-0.15, -0.1) is 0 Å². The molecule has 0 radical (unpaired) electrons. The van der Waals surface area contributed by atoms with Crippen molar-refractivity contribution in [3.63, 3.8) is 0 Å². The van der Waals surface area contributed by atoms with Crippen LogP contribution in [0.3, 0.4) is 0 Å². The molecule has 0 aromatic carbocycles. The molecule has 2 heterocycles. The third-order valence-corrected chi connectivity index (χ3v) is 3.61. The van der Waals surface area contributed by atoms with E-state index in [-0.39, 0.29) is 11.1 Å². The van der Waals surface area contributed by atoms with Crippen LogP contribution in [0.1, 0.15) is 19.8 Å². The maximum absolute atomic E-state index is 11.9. The van der Waals surface area contributed by atoms with E-state index in [2.05, 4.69) is 11.9 Å². The number of pyridine rings is 2. The molecular formula is C12H11ClN2O. The second kappa shape index (κ2) is 3.08. The Morgan fingerprint density at radius 3 is 2.94 bits per heavy atom. The van der Waals surface area contributed by atoms with Crippen LogP contribution in [0.15, 0.2) is 29.3 Å². The smallest absolute Gasteiger partial charge is 0.253 e. The molecule has 1 fully saturated rings. The SMILES string of the molecule is CC1(n2cc3c(Cl)ccnc3cc2=O)CC1. The summed E-state index contributed by atoms with van der Waals surface area (Å²) in [4.78, 5) is 16.1. The predicted octanol–water partition coefficient (Wildman–Crippen LogP) is 2.56. The quantitative estimate of drug-likeness (QED) is 0.760. The van der Waals surface area contributed by atoms with E-state index in [0.29, 0.717) is 10.5 Å². The van der Waals surface area contributed by atoms with Gasteiger partial charge in [-0.3, -0.25) is 9.78 Å². The summed E-state index contributed by atoms with van der Waals surface area (Å²) >= 11 is 6.10. The Bertz CT molecular complexity index is 628. The van der Waals surface area contributed by atoms with Crippen LogP contribution in [0.2, 0.25) is 5.02 Å². The normalized spacial score (nSPS) is 17.6. The second-order valence-corrected chi connectivity index (χ2v) is 4.98. The molecule has 82 valence electrons. The summed E-state index contributed by atoms with van der Waals surface area (Å²) in [5.74, 6) is 0. The first kappa shape index (κ1) is 9.85. The molecule has 0 atom stereocenters. The van der Waals surface area contributed by atoms with Gasteiger partial charge in [0.25, 0.3) is 5.56 Å². The minimum absolute atomic E-state index is 0.00210. The highest BCUT2D eigenvalue weighted by Crippen LogP contribution is 2.42. The van der Waals surface area contributed by atoms with Crippen LogP contribution in [0.25, 0.3) is 10.9 Å². The third-order valence-electron chi connectivity index (χ3n) is 3.28. The van der Waals surface area contributed by atoms with Gasteiger partial charge >= 0.3 is 0 Å². The predicted molar refractivity (Wildman–Crippen MR) is 63.9 cm³/mol. The molecule has 2 aromatic heterocycles. The average molecular weight is 235 g/mol. The van der Waals surface area contributed by atoms with Gasteiger partial charge in [-0.05, 0) is 25.8 Å². The summed E-state index contributed by atoms with van der Waals surface area (Å²) in [6.07, 6.45) is 5.56. The first-order chi connectivity index (χ1) is 7.60. The van der Waals surface area contributed by atoms with Gasteiger partial charge in [0.2, 0.25) is 0 Å². The molecule has 2 aromatic rings. The highest BCUT2D eigenvalue weighted by atomic mass is 35.5. The van der Waals surface area contributed by atoms with Gasteiger partial charge in [0.15, 0.2) is 0 Å². The zero-order valence-electron chi connectivity index (χ0n) is 8.90. The van der Waals surface area contributed by atoms with E-state index in [0.717, 1.165) is 18.2 Å². The Morgan fingerprint density at radius 2 is 2.25 bits per heavy atom. The Balaban J connectivity index is 2.36. The lowest BCUT2D eigenvalue weighted by Gasteiger charge is -2.13. The topological polar surface area (TPSA) is 34.9 Å². The number of nitrogens with zero attached hydrogens (tertiary/aromatic N) is 2. The molecule has 0 bridgehead atoms. The van der Waals surface area contributed by atoms with Crippen molar-refractivity contribution in [1.82, 2.24) is 9.55 Å². The largest absolute Gasteiger partial charge is 0.309 e. The first-order valence-electron chi connectivity index (χ1n) is 5.28. The lowest BCUT2D eigenvalue weighted by atomic mass is 10.2. The molecule has 0 amide bonds. The van der Waals surface area contributed by atoms with E-state index < -0.39 is 0 Å². The van der Waals surface area contributed by atoms with Crippen molar-refractivity contribution in [2.45, 2.75) is 25.3 Å². The van der Waals surface area contributed by atoms with Gasteiger partial charge in [-0.1, -0.05) is 11.6 Å². The fourth-order valence-corrected chi connectivity index (χ4v) is 2.13. The van der Waals surface area contributed by atoms with Gasteiger partial charge in [0.1, 0.15) is 0 Å². The van der Waals surface area contributed by atoms with E-state index in [9.17, 15) is 4.79 Å². The van der Waals surface area contributed by atoms with E-state index in [1.807, 2.05) is 6.20 Å². The third kappa shape index (κ3) is 1.35. The van der Waals surface area contributed by atoms with Crippen molar-refractivity contribution in [1.29, 1.82) is 0 Å². The summed E-state index contributed by atoms with van der Waals surface area (Å²) in [5.41, 5.74) is 0.657. The summed E-state index contributed by atoms with van der Waals surface area (Å²) < 4.78 is 1.78. The van der Waals surface area contributed by atoms with Crippen molar-refractivity contribution in [2.24, 2.45) is 0 Å². The number of halogens is 1. The van der Waals surface area contributed by atoms with Gasteiger partial charge in [0.05, 0.1) is 10.5 Å². The van der Waals surface area contributed by atoms with Crippen LogP contribution < -0.4 is 5.56 Å². The molecule has 16 heavy (non-hydrogen) atoms. The van der Waals surface area contributed by atoms with E-state index in [1.54, 1.807) is 22.9 Å². The standard InChI is InChI=1S/C12H11ClN2O/c1-12(3-4-12)15-7-8-9(13)2-5-14-10(8)6-11(15)16/h2,5-7H,3-4H2,1H3. The summed E-state index contributed by atoms with van der Waals surface area (Å²) in [5, 5.41) is 1.49. The van der Waals surface area contributed by atoms with Crippen LogP contribution in [0.5, 0.6) is 0 Å². The maximum Gasteiger partial charge on any atom is 0.253 e. The fourth-order valence-electron chi connectivity index (χ4n) is 1.93. The van der Waals surface area contributed by atoms with E-state index in [1.165, 1.54) is 0 Å². The molecule has 0 spiro atoms. The molecule has 0 aliphatic heterocycles. The van der Waals surface area contributed by atoms with Crippen LogP contribution >= 0.6 is 11.6 Å². The van der Waals surface area contributed by atoms with E-state index in [4.69, 9.17) is 11.6 Å². The van der Waals surface area contributed by atoms with Crippen molar-refractivity contribution >= 4 is 22.5 Å². The zero-order valence-corrected chi connectivity index (χ0v) is 9.66. The number of fused-ring (bicyclic) bond motifs is 1. The van der Waals surface area contributed by atoms with Crippen molar-refractivity contribution in [3.8, 4) is 0 Å². The highest BCUT2D eigenvalue weighted by Gasteiger charge is 2.39. The molecule has 1 aliphatic carbocycles. The van der Waals surface area contributed by atoms with Gasteiger partial charge in [-0.2, -0.15) is 0 Å². The number of rotatable bonds is 1. The Labute approximate surface area is 97.7 Å². The minimum Gasteiger partial charge on any atom is -0.309 e. The van der Waals surface area contributed by atoms with Gasteiger partial charge in [0, 0.05) is 29.4 Å². The molecule has 0 N–H and O–H groups in total. The van der Waals surface area contributed by atoms with E-state index >= 15 is 0 Å². The second-order valence-electron chi connectivity index (χ2n) is 4.57. The molecule has 1 saturated carbocycles. The highest BCUT2D eigenvalue weighted by molar-refractivity contribution is 6.35. The lowest BCUT2D eigenvalue weighted by Crippen LogP contribution is -2.27. The Morgan fingerprint density at radius 1 is 1.50 bits per heavy atom. The average Bonchev–Trinajstić information content (AvgIpc) is 2.97. The molecule has 3 nitrogen and oxygen atoms in total. The molecular weight excluding hydrogens is 224 g/mol. The van der Waals surface area contributed by atoms with Crippen LogP contribution in [-0.2, 0) is 5.54 Å². The lowest BCUT2D eigenvalue weighted by molar-refractivity contribution is 0.516. The zero-order chi connectivity index (χ0) is 11.3. The fraction of sp³-hybridized carbons (Fsp3) is 0.333. The number of aromatic nitrogens is 2. The Hall–Kier alpha value is -1.35. The summed E-state index contributed by atoms with van der Waals surface area (Å²) in [6, 6.07) is 3.30. The van der Waals surface area contributed by atoms with Gasteiger partial charge < -0.3 is 4.57 Å². The number of hydrogen-bond acceptors (Lipinski definition) is 2. The van der Waals surface area contributed by atoms with Crippen molar-refractivity contribution in [3.05, 3.63) is 39.9 Å². The Kier molecular flexibility index (Phi) is 1.89. The monoisotopic (exact) mass is 234 g/mol. The molecule has 3 rings (SSSR count). The summed E-state index contributed by atoms with van der Waals surface area (Å²) in [7, 11) is 0. The number of hydrogen-bond donors (Lipinski definition) is 0. The van der Waals surface area contributed by atoms with Gasteiger partial charge in [-0.25, -0.2) is 0 Å². The van der Waals surface area contributed by atoms with Crippen LogP contribution in [-0.4, -0.2) is 9.55 Å². The minimum atomic E-state index is -0.00948. The van der Waals surface area contributed by atoms with Crippen molar-refractivity contribution < 1.29 is 0 Å². The van der Waals surface area contributed by atoms with Crippen molar-refractivity contribution in [2.75, 3.05) is 0 Å². The summed E-state index contributed by atoms with van der Waals surface area (Å²) in [6.45, 7) is 2.09. The molecule has 0 unspecified atom stereocenters. The molecule has 0 saturated heterocycles. The molecule has 1 aliphatic rings. The van der Waals surface area contributed by atoms with Crippen LogP contribution in [0.4, 0.5) is 0 Å². The molecule has 4 heteroatoms.